The van der Waals surface area contributed by atoms with Crippen LogP contribution >= 0.6 is 0 Å². The van der Waals surface area contributed by atoms with Crippen LogP contribution in [-0.2, 0) is 86.1 Å². The second-order valence-electron chi connectivity index (χ2n) is 48.5. The molecule has 9 rings (SSSR count). The molecule has 18 atom stereocenters. The molecule has 6 aliphatic carbocycles. The molecule has 0 aromatic carbocycles. The van der Waals surface area contributed by atoms with Crippen LogP contribution in [-0.4, -0.2) is 251 Å². The van der Waals surface area contributed by atoms with E-state index in [1.165, 1.54) is 32.9 Å². The second-order valence-corrected chi connectivity index (χ2v) is 48.5. The molecule has 6 saturated carbocycles. The Morgan fingerprint density at radius 3 is 0.957 bits per heavy atom. The number of urea groups is 3. The Bertz CT molecular complexity index is 4690. The van der Waals surface area contributed by atoms with Gasteiger partial charge in [-0.05, 0) is 181 Å². The SMILES string of the molecule is C#CCCC(NC(=O)[C@@H]1[C@@H]2[C@H](CN1C(=O)[C@@H](NC(=O)N[C@H](C(=O)OC(C)(C)C)C(C)(C)C)C(C)(C)C)C2(C)C)C(=O)C(=O)NCC=C.C=CCNC(=O)C(=O)C(CCC)NC(=O)[C@@H]1[C@@H]2[C@H](CN1C(=O)[C@@H](NC(=O)N[C@H](C(=O)OC(C1CC1)C1CC1)C(C)(C)C)C(C)(C)C)C2(C)C.C=CCNC(=O)C(=O)C(CCC)NC(=O)[C@@H]1[C@@H]2[C@H](CN1C(=O)[C@@H](NC(=O)N[C@H](C(=O)OCC1CC1)C(C)C)C(C)(C)C)C2(C)C. The van der Waals surface area contributed by atoms with E-state index in [-0.39, 0.29) is 116 Å². The number of carbonyl (C=O) groups excluding carboxylic acids is 18. The summed E-state index contributed by atoms with van der Waals surface area (Å²) in [6.45, 7) is 64.1. The standard InChI is InChI=1S/C37H59N5O7.C35H55N5O7.C33H53N5O7/c1-11-13-23(26(43)31(45)38-18-12-2)39-30(44)25-24-22(37(24,9)10)19-42(25)32(46)28(35(3,4)5)40-34(48)41-29(36(6,7)8)33(47)49-27(20-14-15-20)21-16-17-21;1-14-16-17-21(24(41)28(43)36-18-15-2)37-27(42)23-22-20(35(22,12)13)19-40(23)29(44)25(32(3,4)5)38-31(46)39-26(33(6,7)8)30(45)47-34(9,10)11;1-10-12-21(25(39)28(41)34-15-11-2)35-27(40)24-22-20(33(22,8)9)16-38(24)29(42)26(32(5,6)7)37-31(44)36-23(18(3)4)30(43)45-17-19-13-14-19/h12,20-25,27-29H,2,11,13-19H2,1,3-10H3,(H,38,45)(H,39,44)(H2,40,41,48);1,15,20-23,25-26H,2,16-19H2,3-13H3,(H,36,43)(H,37,42)(H2,38,39,46);11,18-24,26H,2,10,12-17H2,1,3-9H3,(H,34,41)(H,35,40)(H2,36,37,44)/t22-,23?,24-,25-,28+,29+;20-,21?,22-,23-,25+,26+;20-,21?,22-,23-,24-,26+/m000/s1. The second kappa shape index (κ2) is 46.7. The summed E-state index contributed by atoms with van der Waals surface area (Å²) < 4.78 is 17.0. The number of amides is 15. The predicted octanol–water partition coefficient (Wildman–Crippen LogP) is 8.51. The van der Waals surface area contributed by atoms with E-state index in [1.807, 2.05) is 104 Å². The largest absolute Gasteiger partial charge is 0.464 e. The van der Waals surface area contributed by atoms with E-state index in [2.05, 4.69) is 103 Å². The predicted molar refractivity (Wildman–Crippen MR) is 532 cm³/mol. The minimum absolute atomic E-state index is 0.0184. The Morgan fingerprint density at radius 1 is 0.404 bits per heavy atom. The van der Waals surface area contributed by atoms with E-state index < -0.39 is 212 Å². The van der Waals surface area contributed by atoms with Gasteiger partial charge < -0.3 is 92.7 Å². The molecule has 3 unspecified atom stereocenters. The lowest BCUT2D eigenvalue weighted by molar-refractivity contribution is -0.160. The Morgan fingerprint density at radius 2 is 0.695 bits per heavy atom. The maximum absolute atomic E-state index is 14.4. The van der Waals surface area contributed by atoms with Crippen molar-refractivity contribution in [3.05, 3.63) is 38.0 Å². The van der Waals surface area contributed by atoms with Crippen molar-refractivity contribution < 1.29 is 101 Å². The van der Waals surface area contributed by atoms with Crippen molar-refractivity contribution in [2.75, 3.05) is 45.9 Å². The summed E-state index contributed by atoms with van der Waals surface area (Å²) in [5, 5.41) is 32.2. The Kier molecular flexibility index (Phi) is 38.9. The number of hydrogen-bond acceptors (Lipinski definition) is 21. The number of piperidine rings is 3. The highest BCUT2D eigenvalue weighted by molar-refractivity contribution is 6.39. The first-order valence-corrected chi connectivity index (χ1v) is 50.4. The van der Waals surface area contributed by atoms with Gasteiger partial charge in [0.1, 0.15) is 66.1 Å². The number of rotatable bonds is 42. The lowest BCUT2D eigenvalue weighted by Gasteiger charge is -2.38. The van der Waals surface area contributed by atoms with Crippen LogP contribution in [0.1, 0.15) is 271 Å². The molecule has 15 amide bonds. The molecule has 0 aromatic heterocycles. The molecule has 3 aliphatic heterocycles. The number of nitrogens with one attached hydrogen (secondary N) is 12. The Hall–Kier alpha value is -10.8. The Labute approximate surface area is 835 Å². The van der Waals surface area contributed by atoms with Crippen LogP contribution in [0.25, 0.3) is 0 Å². The fourth-order valence-electron chi connectivity index (χ4n) is 19.7. The van der Waals surface area contributed by atoms with E-state index in [1.54, 1.807) is 76.2 Å². The van der Waals surface area contributed by atoms with Crippen LogP contribution in [0.15, 0.2) is 38.0 Å². The summed E-state index contributed by atoms with van der Waals surface area (Å²) in [6, 6.07) is -14.1. The van der Waals surface area contributed by atoms with Crippen molar-refractivity contribution in [2.45, 2.75) is 355 Å². The molecular formula is C105H167N15O21. The number of nitrogens with zero attached hydrogens (tertiary/aromatic N) is 3. The number of ether oxygens (including phenoxy) is 3. The molecule has 141 heavy (non-hydrogen) atoms. The van der Waals surface area contributed by atoms with Crippen LogP contribution in [0.2, 0.25) is 0 Å². The average molecular weight is 1980 g/mol. The van der Waals surface area contributed by atoms with Gasteiger partial charge in [-0.3, -0.25) is 57.5 Å². The number of terminal acetylenes is 1. The van der Waals surface area contributed by atoms with Gasteiger partial charge in [0.05, 0.1) is 24.7 Å². The van der Waals surface area contributed by atoms with Gasteiger partial charge >= 0.3 is 36.0 Å². The molecule has 36 heteroatoms. The molecule has 36 nitrogen and oxygen atoms in total. The van der Waals surface area contributed by atoms with Gasteiger partial charge in [-0.15, -0.1) is 32.1 Å². The highest BCUT2D eigenvalue weighted by Crippen LogP contribution is 2.67. The molecule has 0 radical (unpaired) electrons. The zero-order chi connectivity index (χ0) is 107. The van der Waals surface area contributed by atoms with Crippen LogP contribution in [0.5, 0.6) is 0 Å². The number of carbonyl (C=O) groups is 18. The zero-order valence-electron chi connectivity index (χ0n) is 89.1. The molecule has 9 aliphatic rings. The van der Waals surface area contributed by atoms with Gasteiger partial charge in [-0.2, -0.15) is 0 Å². The van der Waals surface area contributed by atoms with Crippen LogP contribution in [0.3, 0.4) is 0 Å². The minimum atomic E-state index is -1.19. The summed E-state index contributed by atoms with van der Waals surface area (Å²) in [4.78, 5) is 245. The van der Waals surface area contributed by atoms with Gasteiger partial charge in [0, 0.05) is 45.7 Å². The number of Topliss-reactive ketones (excluding diaryl/α,β-unsaturated/α-hetero) is 3. The molecule has 788 valence electrons. The third-order valence-electron chi connectivity index (χ3n) is 28.9. The smallest absolute Gasteiger partial charge is 0.329 e. The molecule has 0 aromatic rings. The number of esters is 3. The van der Waals surface area contributed by atoms with Crippen LogP contribution < -0.4 is 63.8 Å². The average Bonchev–Trinajstić information content (AvgIpc) is 1.53. The molecule has 0 bridgehead atoms. The highest BCUT2D eigenvalue weighted by Gasteiger charge is 2.73. The summed E-state index contributed by atoms with van der Waals surface area (Å²) in [5.74, 6) is -6.34. The van der Waals surface area contributed by atoms with E-state index in [0.717, 1.165) is 38.5 Å². The quantitative estimate of drug-likeness (QED) is 0.00895. The van der Waals surface area contributed by atoms with Crippen molar-refractivity contribution in [3.63, 3.8) is 0 Å². The minimum Gasteiger partial charge on any atom is -0.464 e. The van der Waals surface area contributed by atoms with Gasteiger partial charge in [-0.25, -0.2) is 28.8 Å². The summed E-state index contributed by atoms with van der Waals surface area (Å²) in [7, 11) is 0. The first-order chi connectivity index (χ1) is 65.1. The topological polar surface area (TPSA) is 489 Å². The maximum Gasteiger partial charge on any atom is 0.329 e. The first kappa shape index (κ1) is 117. The van der Waals surface area contributed by atoms with Crippen molar-refractivity contribution in [3.8, 4) is 12.3 Å². The summed E-state index contributed by atoms with van der Waals surface area (Å²) in [5.41, 5.74) is -5.09. The third-order valence-corrected chi connectivity index (χ3v) is 28.9. The van der Waals surface area contributed by atoms with Crippen molar-refractivity contribution in [1.29, 1.82) is 0 Å². The number of ketones is 3. The van der Waals surface area contributed by atoms with Gasteiger partial charge in [0.25, 0.3) is 17.7 Å². The van der Waals surface area contributed by atoms with E-state index in [9.17, 15) is 86.3 Å². The fourth-order valence-corrected chi connectivity index (χ4v) is 19.7. The van der Waals surface area contributed by atoms with E-state index in [0.29, 0.717) is 50.3 Å². The lowest BCUT2D eigenvalue weighted by atomic mass is 9.85. The van der Waals surface area contributed by atoms with E-state index >= 15 is 0 Å². The number of hydrogen-bond donors (Lipinski definition) is 12. The number of fused-ring (bicyclic) bond motifs is 3. The van der Waals surface area contributed by atoms with Crippen molar-refractivity contribution in [2.24, 2.45) is 102 Å². The molecular weight excluding hydrogens is 1810 g/mol. The first-order valence-electron chi connectivity index (χ1n) is 50.4. The maximum atomic E-state index is 14.4. The van der Waals surface area contributed by atoms with Gasteiger partial charge in [0.2, 0.25) is 52.8 Å². The van der Waals surface area contributed by atoms with Crippen LogP contribution in [0.4, 0.5) is 14.4 Å². The molecule has 3 heterocycles. The van der Waals surface area contributed by atoms with Crippen molar-refractivity contribution >= 4 is 107 Å². The van der Waals surface area contributed by atoms with Gasteiger partial charge in [-0.1, -0.05) is 204 Å². The van der Waals surface area contributed by atoms with Crippen LogP contribution in [0, 0.1) is 115 Å². The molecule has 3 saturated heterocycles. The van der Waals surface area contributed by atoms with E-state index in [4.69, 9.17) is 20.6 Å². The summed E-state index contributed by atoms with van der Waals surface area (Å²) >= 11 is 0. The molecule has 12 N–H and O–H groups in total. The molecule has 9 fully saturated rings. The third kappa shape index (κ3) is 30.4. The lowest BCUT2D eigenvalue weighted by Crippen LogP contribution is -2.63. The highest BCUT2D eigenvalue weighted by atomic mass is 16.6. The molecule has 0 spiro atoms. The monoisotopic (exact) mass is 1970 g/mol. The van der Waals surface area contributed by atoms with Crippen molar-refractivity contribution in [1.82, 2.24) is 78.5 Å². The normalized spacial score (nSPS) is 23.4. The van der Waals surface area contributed by atoms with Gasteiger partial charge in [0.15, 0.2) is 0 Å². The summed E-state index contributed by atoms with van der Waals surface area (Å²) in [6.07, 6.45) is 17.7. The Balaban J connectivity index is 0.000000288. The zero-order valence-corrected chi connectivity index (χ0v) is 89.1. The number of likely N-dealkylation sites (tertiary alicyclic amines) is 3. The fraction of sp³-hybridized carbons (Fsp3) is 0.752.